The van der Waals surface area contributed by atoms with Crippen molar-refractivity contribution in [2.75, 3.05) is 20.1 Å². The molecule has 0 bridgehead atoms. The highest BCUT2D eigenvalue weighted by Gasteiger charge is 2.44. The molecule has 0 spiro atoms. The van der Waals surface area contributed by atoms with Gasteiger partial charge < -0.3 is 10.6 Å². The van der Waals surface area contributed by atoms with E-state index in [0.29, 0.717) is 0 Å². The first kappa shape index (κ1) is 21.2. The number of hydrogen-bond donors (Lipinski definition) is 2. The molecule has 6 heteroatoms. The van der Waals surface area contributed by atoms with Gasteiger partial charge in [0.2, 0.25) is 0 Å². The molecular weight excluding hydrogens is 503 g/mol. The first-order valence-corrected chi connectivity index (χ1v) is 9.52. The minimum atomic E-state index is 0. The predicted molar refractivity (Wildman–Crippen MR) is 123 cm³/mol. The van der Waals surface area contributed by atoms with Crippen LogP contribution in [0.2, 0.25) is 0 Å². The Labute approximate surface area is 181 Å². The van der Waals surface area contributed by atoms with Gasteiger partial charge in [-0.1, -0.05) is 28.1 Å². The van der Waals surface area contributed by atoms with Crippen LogP contribution in [-0.2, 0) is 11.8 Å². The second-order valence-corrected chi connectivity index (χ2v) is 7.61. The van der Waals surface area contributed by atoms with Crippen LogP contribution < -0.4 is 10.6 Å². The average molecular weight is 529 g/mol. The van der Waals surface area contributed by atoms with Gasteiger partial charge >= 0.3 is 0 Å². The maximum Gasteiger partial charge on any atom is 0.191 e. The molecule has 0 radical (unpaired) electrons. The van der Waals surface area contributed by atoms with Crippen LogP contribution in [0.3, 0.4) is 0 Å². The Morgan fingerprint density at radius 1 is 1.27 bits per heavy atom. The van der Waals surface area contributed by atoms with Gasteiger partial charge in [-0.15, -0.1) is 24.0 Å². The Morgan fingerprint density at radius 2 is 2.08 bits per heavy atom. The summed E-state index contributed by atoms with van der Waals surface area (Å²) in [7, 11) is 1.83. The maximum absolute atomic E-state index is 4.36. The summed E-state index contributed by atoms with van der Waals surface area (Å²) in [5.41, 5.74) is 4.21. The summed E-state index contributed by atoms with van der Waals surface area (Å²) in [6, 6.07) is 10.7. The van der Waals surface area contributed by atoms with Gasteiger partial charge in [0.15, 0.2) is 5.96 Å². The van der Waals surface area contributed by atoms with Crippen LogP contribution in [0.4, 0.5) is 0 Å². The standard InChI is InChI=1S/C20H25BrN4.HI/c1-15-13-23-10-6-16(15)7-11-24-19(22-2)25-14-20(8-9-20)17-4-3-5-18(21)12-17;/h3-6,10,12-13H,7-9,11,14H2,1-2H3,(H2,22,24,25);1H. The lowest BCUT2D eigenvalue weighted by atomic mass is 9.96. The first-order chi connectivity index (χ1) is 12.1. The summed E-state index contributed by atoms with van der Waals surface area (Å²) < 4.78 is 1.14. The molecule has 1 aliphatic carbocycles. The number of benzene rings is 1. The van der Waals surface area contributed by atoms with E-state index in [4.69, 9.17) is 0 Å². The number of aryl methyl sites for hydroxylation is 1. The molecule has 1 aliphatic rings. The number of rotatable bonds is 6. The maximum atomic E-state index is 4.36. The normalized spacial score (nSPS) is 15.1. The van der Waals surface area contributed by atoms with E-state index >= 15 is 0 Å². The molecular formula is C20H26BrIN4. The molecule has 26 heavy (non-hydrogen) atoms. The first-order valence-electron chi connectivity index (χ1n) is 8.73. The minimum Gasteiger partial charge on any atom is -0.356 e. The van der Waals surface area contributed by atoms with Crippen molar-refractivity contribution in [3.8, 4) is 0 Å². The Hall–Kier alpha value is -1.15. The summed E-state index contributed by atoms with van der Waals surface area (Å²) >= 11 is 3.58. The van der Waals surface area contributed by atoms with E-state index in [1.807, 2.05) is 19.4 Å². The van der Waals surface area contributed by atoms with Crippen molar-refractivity contribution in [2.45, 2.75) is 31.6 Å². The molecule has 140 valence electrons. The fourth-order valence-electron chi connectivity index (χ4n) is 3.11. The Bertz CT molecular complexity index is 759. The summed E-state index contributed by atoms with van der Waals surface area (Å²) in [6.07, 6.45) is 7.18. The van der Waals surface area contributed by atoms with Gasteiger partial charge in [0.1, 0.15) is 0 Å². The zero-order valence-corrected chi connectivity index (χ0v) is 19.2. The van der Waals surface area contributed by atoms with Crippen LogP contribution >= 0.6 is 39.9 Å². The summed E-state index contributed by atoms with van der Waals surface area (Å²) in [4.78, 5) is 8.50. The SMILES string of the molecule is CN=C(NCCc1ccncc1C)NCC1(c2cccc(Br)c2)CC1.I. The lowest BCUT2D eigenvalue weighted by Crippen LogP contribution is -2.42. The van der Waals surface area contributed by atoms with Gasteiger partial charge in [-0.2, -0.15) is 0 Å². The van der Waals surface area contributed by atoms with Crippen LogP contribution in [0, 0.1) is 6.92 Å². The third-order valence-corrected chi connectivity index (χ3v) is 5.42. The molecule has 3 rings (SSSR count). The number of halogens is 2. The van der Waals surface area contributed by atoms with Crippen molar-refractivity contribution < 1.29 is 0 Å². The van der Waals surface area contributed by atoms with Gasteiger partial charge in [0.25, 0.3) is 0 Å². The fourth-order valence-corrected chi connectivity index (χ4v) is 3.51. The Morgan fingerprint density at radius 3 is 2.73 bits per heavy atom. The van der Waals surface area contributed by atoms with E-state index < -0.39 is 0 Å². The average Bonchev–Trinajstić information content (AvgIpc) is 3.41. The lowest BCUT2D eigenvalue weighted by molar-refractivity contribution is 0.645. The number of aromatic nitrogens is 1. The molecule has 0 unspecified atom stereocenters. The number of aliphatic imine (C=N–C) groups is 1. The molecule has 1 aromatic heterocycles. The molecule has 1 aromatic carbocycles. The number of hydrogen-bond acceptors (Lipinski definition) is 2. The van der Waals surface area contributed by atoms with E-state index in [9.17, 15) is 0 Å². The van der Waals surface area contributed by atoms with Gasteiger partial charge in [-0.05, 0) is 61.1 Å². The summed E-state index contributed by atoms with van der Waals surface area (Å²) in [6.45, 7) is 3.87. The fraction of sp³-hybridized carbons (Fsp3) is 0.400. The second-order valence-electron chi connectivity index (χ2n) is 6.70. The zero-order chi connectivity index (χ0) is 17.7. The molecule has 4 nitrogen and oxygen atoms in total. The molecule has 0 aliphatic heterocycles. The van der Waals surface area contributed by atoms with Crippen molar-refractivity contribution >= 4 is 45.9 Å². The second kappa shape index (κ2) is 9.69. The third kappa shape index (κ3) is 5.42. The largest absolute Gasteiger partial charge is 0.356 e. The Kier molecular flexibility index (Phi) is 7.88. The van der Waals surface area contributed by atoms with Crippen LogP contribution in [-0.4, -0.2) is 31.1 Å². The molecule has 0 saturated heterocycles. The summed E-state index contributed by atoms with van der Waals surface area (Å²) in [5, 5.41) is 6.92. The van der Waals surface area contributed by atoms with E-state index in [-0.39, 0.29) is 29.4 Å². The number of nitrogens with zero attached hydrogens (tertiary/aromatic N) is 2. The quantitative estimate of drug-likeness (QED) is 0.335. The molecule has 0 amide bonds. The lowest BCUT2D eigenvalue weighted by Gasteiger charge is -2.19. The van der Waals surface area contributed by atoms with Crippen molar-refractivity contribution in [3.05, 3.63) is 63.9 Å². The van der Waals surface area contributed by atoms with Gasteiger partial charge in [-0.3, -0.25) is 9.98 Å². The van der Waals surface area contributed by atoms with E-state index in [1.54, 1.807) is 0 Å². The third-order valence-electron chi connectivity index (χ3n) is 4.93. The molecule has 1 saturated carbocycles. The van der Waals surface area contributed by atoms with E-state index in [2.05, 4.69) is 73.8 Å². The molecule has 2 aromatic rings. The number of guanidine groups is 1. The van der Waals surface area contributed by atoms with Crippen LogP contribution in [0.25, 0.3) is 0 Å². The zero-order valence-electron chi connectivity index (χ0n) is 15.3. The highest BCUT2D eigenvalue weighted by molar-refractivity contribution is 14.0. The molecule has 0 atom stereocenters. The number of pyridine rings is 1. The number of nitrogens with one attached hydrogen (secondary N) is 2. The minimum absolute atomic E-state index is 0. The van der Waals surface area contributed by atoms with Gasteiger partial charge in [-0.25, -0.2) is 0 Å². The van der Waals surface area contributed by atoms with Gasteiger partial charge in [0, 0.05) is 42.4 Å². The van der Waals surface area contributed by atoms with Crippen LogP contribution in [0.15, 0.2) is 52.2 Å². The smallest absolute Gasteiger partial charge is 0.191 e. The monoisotopic (exact) mass is 528 g/mol. The summed E-state index contributed by atoms with van der Waals surface area (Å²) in [5.74, 6) is 0.869. The predicted octanol–water partition coefficient (Wildman–Crippen LogP) is 4.21. The molecule has 1 heterocycles. The van der Waals surface area contributed by atoms with Gasteiger partial charge in [0.05, 0.1) is 0 Å². The van der Waals surface area contributed by atoms with Crippen molar-refractivity contribution in [2.24, 2.45) is 4.99 Å². The van der Waals surface area contributed by atoms with Crippen molar-refractivity contribution in [1.82, 2.24) is 15.6 Å². The topological polar surface area (TPSA) is 49.3 Å². The van der Waals surface area contributed by atoms with Crippen LogP contribution in [0.5, 0.6) is 0 Å². The van der Waals surface area contributed by atoms with Crippen LogP contribution in [0.1, 0.15) is 29.5 Å². The van der Waals surface area contributed by atoms with E-state index in [0.717, 1.165) is 29.9 Å². The molecule has 1 fully saturated rings. The van der Waals surface area contributed by atoms with Crippen molar-refractivity contribution in [1.29, 1.82) is 0 Å². The van der Waals surface area contributed by atoms with E-state index in [1.165, 1.54) is 29.5 Å². The highest BCUT2D eigenvalue weighted by atomic mass is 127. The highest BCUT2D eigenvalue weighted by Crippen LogP contribution is 2.48. The Balaban J connectivity index is 0.00000243. The van der Waals surface area contributed by atoms with Crippen molar-refractivity contribution in [3.63, 3.8) is 0 Å². The molecule has 2 N–H and O–H groups in total.